The van der Waals surface area contributed by atoms with Crippen molar-refractivity contribution < 1.29 is 28.7 Å². The molecule has 0 saturated carbocycles. The van der Waals surface area contributed by atoms with Crippen molar-refractivity contribution in [3.63, 3.8) is 0 Å². The van der Waals surface area contributed by atoms with Gasteiger partial charge in [0.25, 0.3) is 0 Å². The van der Waals surface area contributed by atoms with Crippen molar-refractivity contribution in [3.05, 3.63) is 65.4 Å². The first-order chi connectivity index (χ1) is 19.8. The summed E-state index contributed by atoms with van der Waals surface area (Å²) in [6.45, 7) is 3.86. The first-order valence-electron chi connectivity index (χ1n) is 14.0. The van der Waals surface area contributed by atoms with E-state index < -0.39 is 12.0 Å². The highest BCUT2D eigenvalue weighted by atomic mass is 16.4. The molecule has 0 aliphatic carbocycles. The Labute approximate surface area is 238 Å². The van der Waals surface area contributed by atoms with Gasteiger partial charge in [-0.1, -0.05) is 12.1 Å². The number of aryl methyl sites for hydroxylation is 1. The number of aliphatic imine (C=N–C) groups is 1. The Bertz CT molecular complexity index is 1490. The predicted molar refractivity (Wildman–Crippen MR) is 154 cm³/mol. The number of hydrogen-bond acceptors (Lipinski definition) is 6. The van der Waals surface area contributed by atoms with Crippen LogP contribution in [0.2, 0.25) is 0 Å². The van der Waals surface area contributed by atoms with Crippen molar-refractivity contribution in [1.82, 2.24) is 9.80 Å². The molecule has 0 radical (unpaired) electrons. The summed E-state index contributed by atoms with van der Waals surface area (Å²) in [6, 6.07) is 12.5. The molecule has 2 amide bonds. The summed E-state index contributed by atoms with van der Waals surface area (Å²) in [4.78, 5) is 59.1. The van der Waals surface area contributed by atoms with E-state index >= 15 is 0 Å². The van der Waals surface area contributed by atoms with Gasteiger partial charge in [-0.15, -0.1) is 0 Å². The average Bonchev–Trinajstić information content (AvgIpc) is 3.59. The lowest BCUT2D eigenvalue weighted by Crippen LogP contribution is -2.45. The number of fused-ring (bicyclic) bond motifs is 1. The zero-order valence-electron chi connectivity index (χ0n) is 23.1. The minimum absolute atomic E-state index is 0.0393. The number of furan rings is 1. The number of carboxylic acid groups (broad SMARTS) is 1. The Kier molecular flexibility index (Phi) is 8.47. The maximum absolute atomic E-state index is 13.6. The fourth-order valence-corrected chi connectivity index (χ4v) is 5.37. The van der Waals surface area contributed by atoms with Crippen LogP contribution in [0.25, 0.3) is 11.0 Å². The molecule has 3 aromatic rings. The smallest absolute Gasteiger partial charge is 0.335 e. The highest BCUT2D eigenvalue weighted by Crippen LogP contribution is 2.24. The molecule has 1 aromatic heterocycles. The van der Waals surface area contributed by atoms with Crippen LogP contribution in [-0.2, 0) is 9.59 Å². The van der Waals surface area contributed by atoms with Gasteiger partial charge in [0.2, 0.25) is 11.8 Å². The average molecular weight is 559 g/mol. The molecule has 2 fully saturated rings. The summed E-state index contributed by atoms with van der Waals surface area (Å²) < 4.78 is 5.67. The number of hydrogen-bond donors (Lipinski definition) is 2. The summed E-state index contributed by atoms with van der Waals surface area (Å²) >= 11 is 0. The standard InChI is InChI=1S/C31H34N4O6/c1-20-16-23-17-24(11-12-27(23)41-20)32-28(18-26(36)21-7-9-22(10-8-21)31(39)40)33-25-6-2-3-15-35(30(25)38)19-29(37)34-13-4-5-14-34/h7-12,16-17,25H,2-6,13-15,18-19H2,1H3,(H,32,33)(H,39,40)/t25-/m0/s1. The van der Waals surface area contributed by atoms with Gasteiger partial charge in [-0.2, -0.15) is 0 Å². The van der Waals surface area contributed by atoms with Crippen LogP contribution >= 0.6 is 0 Å². The van der Waals surface area contributed by atoms with E-state index in [1.54, 1.807) is 4.90 Å². The lowest BCUT2D eigenvalue weighted by molar-refractivity contribution is -0.140. The number of aromatic carboxylic acids is 1. The Balaban J connectivity index is 1.40. The number of amides is 2. The van der Waals surface area contributed by atoms with E-state index in [2.05, 4.69) is 5.32 Å². The van der Waals surface area contributed by atoms with Crippen molar-refractivity contribution >= 4 is 46.1 Å². The van der Waals surface area contributed by atoms with E-state index in [1.165, 1.54) is 24.3 Å². The third kappa shape index (κ3) is 6.82. The van der Waals surface area contributed by atoms with Gasteiger partial charge in [0, 0.05) is 36.3 Å². The highest BCUT2D eigenvalue weighted by Gasteiger charge is 2.30. The number of likely N-dealkylation sites (tertiary alicyclic amines) is 2. The Morgan fingerprint density at radius 2 is 1.68 bits per heavy atom. The van der Waals surface area contributed by atoms with Gasteiger partial charge in [-0.05, 0) is 75.4 Å². The number of Topliss-reactive ketones (excluding diaryl/α,β-unsaturated/α-hetero) is 1. The van der Waals surface area contributed by atoms with Crippen molar-refractivity contribution in [2.75, 3.05) is 31.5 Å². The quantitative estimate of drug-likeness (QED) is 0.236. The molecule has 0 bridgehead atoms. The van der Waals surface area contributed by atoms with Crippen molar-refractivity contribution in [2.24, 2.45) is 4.99 Å². The minimum atomic E-state index is -1.07. The number of anilines is 1. The summed E-state index contributed by atoms with van der Waals surface area (Å²) in [5, 5.41) is 13.3. The molecule has 5 rings (SSSR count). The van der Waals surface area contributed by atoms with Crippen molar-refractivity contribution in [3.8, 4) is 0 Å². The van der Waals surface area contributed by atoms with Gasteiger partial charge < -0.3 is 24.6 Å². The minimum Gasteiger partial charge on any atom is -0.478 e. The molecule has 2 aliphatic heterocycles. The Hall–Kier alpha value is -4.47. The van der Waals surface area contributed by atoms with E-state index in [-0.39, 0.29) is 36.1 Å². The monoisotopic (exact) mass is 558 g/mol. The number of benzene rings is 2. The molecule has 2 aromatic carbocycles. The molecule has 1 atom stereocenters. The number of ketones is 1. The van der Waals surface area contributed by atoms with Crippen molar-refractivity contribution in [2.45, 2.75) is 51.5 Å². The van der Waals surface area contributed by atoms with Crippen LogP contribution in [0.4, 0.5) is 5.69 Å². The number of amidine groups is 1. The number of carbonyl (C=O) groups excluding carboxylic acids is 3. The highest BCUT2D eigenvalue weighted by molar-refractivity contribution is 6.14. The molecule has 3 heterocycles. The maximum atomic E-state index is 13.6. The van der Waals surface area contributed by atoms with E-state index in [4.69, 9.17) is 9.41 Å². The molecule has 10 nitrogen and oxygen atoms in total. The van der Waals surface area contributed by atoms with Crippen LogP contribution in [0.1, 0.15) is 65.0 Å². The number of carboxylic acids is 1. The first kappa shape index (κ1) is 28.1. The summed E-state index contributed by atoms with van der Waals surface area (Å²) in [5.41, 5.74) is 1.85. The van der Waals surface area contributed by atoms with Gasteiger partial charge in [-0.25, -0.2) is 4.79 Å². The number of nitrogens with one attached hydrogen (secondary N) is 1. The van der Waals surface area contributed by atoms with Crippen LogP contribution in [0.3, 0.4) is 0 Å². The van der Waals surface area contributed by atoms with Crippen LogP contribution in [0, 0.1) is 6.92 Å². The first-order valence-corrected chi connectivity index (χ1v) is 14.0. The lowest BCUT2D eigenvalue weighted by Gasteiger charge is -2.25. The topological polar surface area (TPSA) is 133 Å². The number of carbonyl (C=O) groups is 4. The summed E-state index contributed by atoms with van der Waals surface area (Å²) in [5.74, 6) is -0.495. The Morgan fingerprint density at radius 3 is 2.41 bits per heavy atom. The van der Waals surface area contributed by atoms with Gasteiger partial charge in [0.1, 0.15) is 23.2 Å². The molecule has 214 valence electrons. The van der Waals surface area contributed by atoms with E-state index in [9.17, 15) is 24.3 Å². The van der Waals surface area contributed by atoms with Gasteiger partial charge in [-0.3, -0.25) is 19.4 Å². The number of rotatable bonds is 8. The maximum Gasteiger partial charge on any atom is 0.335 e. The normalized spacial score (nSPS) is 18.0. The van der Waals surface area contributed by atoms with Crippen LogP contribution in [-0.4, -0.2) is 76.5 Å². The fraction of sp³-hybridized carbons (Fsp3) is 0.387. The second-order valence-electron chi connectivity index (χ2n) is 10.7. The van der Waals surface area contributed by atoms with E-state index in [1.807, 2.05) is 36.1 Å². The van der Waals surface area contributed by atoms with E-state index in [0.717, 1.165) is 55.5 Å². The molecule has 2 saturated heterocycles. The molecule has 10 heteroatoms. The molecule has 2 N–H and O–H groups in total. The fourth-order valence-electron chi connectivity index (χ4n) is 5.37. The molecule has 0 unspecified atom stereocenters. The second kappa shape index (κ2) is 12.4. The SMILES string of the molecule is Cc1cc2cc(NC(CC(=O)c3ccc(C(=O)O)cc3)=N[C@H]3CCCCN(CC(=O)N4CCCC4)C3=O)ccc2o1. The third-order valence-corrected chi connectivity index (χ3v) is 7.56. The van der Waals surface area contributed by atoms with Crippen LogP contribution < -0.4 is 5.32 Å². The Morgan fingerprint density at radius 1 is 0.976 bits per heavy atom. The van der Waals surface area contributed by atoms with E-state index in [0.29, 0.717) is 30.1 Å². The van der Waals surface area contributed by atoms with Crippen molar-refractivity contribution in [1.29, 1.82) is 0 Å². The zero-order valence-corrected chi connectivity index (χ0v) is 23.1. The van der Waals surface area contributed by atoms with Gasteiger partial charge >= 0.3 is 5.97 Å². The van der Waals surface area contributed by atoms with Crippen LogP contribution in [0.15, 0.2) is 57.9 Å². The van der Waals surface area contributed by atoms with Gasteiger partial charge in [0.15, 0.2) is 5.78 Å². The summed E-state index contributed by atoms with van der Waals surface area (Å²) in [6.07, 6.45) is 3.91. The number of nitrogens with zero attached hydrogens (tertiary/aromatic N) is 3. The lowest BCUT2D eigenvalue weighted by atomic mass is 10.0. The molecule has 41 heavy (non-hydrogen) atoms. The van der Waals surface area contributed by atoms with Crippen LogP contribution in [0.5, 0.6) is 0 Å². The molecule has 2 aliphatic rings. The summed E-state index contributed by atoms with van der Waals surface area (Å²) in [7, 11) is 0. The largest absolute Gasteiger partial charge is 0.478 e. The third-order valence-electron chi connectivity index (χ3n) is 7.56. The van der Waals surface area contributed by atoms with Gasteiger partial charge in [0.05, 0.1) is 18.5 Å². The zero-order chi connectivity index (χ0) is 28.9. The second-order valence-corrected chi connectivity index (χ2v) is 10.7. The molecular formula is C31H34N4O6. The molecular weight excluding hydrogens is 524 g/mol. The predicted octanol–water partition coefficient (Wildman–Crippen LogP) is 4.53. The molecule has 0 spiro atoms.